The van der Waals surface area contributed by atoms with Crippen molar-refractivity contribution in [1.82, 2.24) is 10.0 Å². The quantitative estimate of drug-likeness (QED) is 0.399. The SMILES string of the molecule is CCCOCC(=O)NCCOCCOCC(=O)On1c(O)ccc1O. The van der Waals surface area contributed by atoms with E-state index in [1.54, 1.807) is 0 Å². The highest BCUT2D eigenvalue weighted by Crippen LogP contribution is 2.18. The molecule has 10 nitrogen and oxygen atoms in total. The Labute approximate surface area is 145 Å². The van der Waals surface area contributed by atoms with Crippen LogP contribution in [-0.2, 0) is 23.8 Å². The molecule has 0 atom stereocenters. The summed E-state index contributed by atoms with van der Waals surface area (Å²) in [6, 6.07) is 2.35. The monoisotopic (exact) mass is 360 g/mol. The molecule has 1 heterocycles. The third kappa shape index (κ3) is 8.94. The smallest absolute Gasteiger partial charge is 0.358 e. The summed E-state index contributed by atoms with van der Waals surface area (Å²) in [5, 5.41) is 21.2. The van der Waals surface area contributed by atoms with Crippen molar-refractivity contribution in [3.05, 3.63) is 12.1 Å². The second-order valence-corrected chi connectivity index (χ2v) is 4.87. The fraction of sp³-hybridized carbons (Fsp3) is 0.600. The Balaban J connectivity index is 1.96. The number of rotatable bonds is 13. The summed E-state index contributed by atoms with van der Waals surface area (Å²) in [5.74, 6) is -1.80. The first-order chi connectivity index (χ1) is 12.0. The van der Waals surface area contributed by atoms with Gasteiger partial charge in [-0.05, 0) is 6.42 Å². The minimum Gasteiger partial charge on any atom is -0.492 e. The molecule has 10 heteroatoms. The van der Waals surface area contributed by atoms with Crippen LogP contribution in [0.5, 0.6) is 11.8 Å². The van der Waals surface area contributed by atoms with Gasteiger partial charge in [-0.25, -0.2) is 4.79 Å². The lowest BCUT2D eigenvalue weighted by Crippen LogP contribution is -2.31. The van der Waals surface area contributed by atoms with E-state index in [4.69, 9.17) is 14.2 Å². The normalized spacial score (nSPS) is 10.6. The van der Waals surface area contributed by atoms with E-state index in [9.17, 15) is 19.8 Å². The fourth-order valence-electron chi connectivity index (χ4n) is 1.62. The summed E-state index contributed by atoms with van der Waals surface area (Å²) < 4.78 is 15.9. The van der Waals surface area contributed by atoms with Crippen LogP contribution in [0.1, 0.15) is 13.3 Å². The van der Waals surface area contributed by atoms with Crippen LogP contribution in [0.3, 0.4) is 0 Å². The summed E-state index contributed by atoms with van der Waals surface area (Å²) in [6.45, 7) is 3.20. The van der Waals surface area contributed by atoms with E-state index >= 15 is 0 Å². The third-order valence-corrected chi connectivity index (χ3v) is 2.73. The lowest BCUT2D eigenvalue weighted by atomic mass is 10.5. The lowest BCUT2D eigenvalue weighted by Gasteiger charge is -2.08. The van der Waals surface area contributed by atoms with E-state index in [1.807, 2.05) is 6.92 Å². The van der Waals surface area contributed by atoms with Gasteiger partial charge in [0.25, 0.3) is 0 Å². The molecule has 3 N–H and O–H groups in total. The highest BCUT2D eigenvalue weighted by Gasteiger charge is 2.12. The zero-order valence-electron chi connectivity index (χ0n) is 14.1. The molecule has 0 saturated heterocycles. The van der Waals surface area contributed by atoms with Gasteiger partial charge in [0.15, 0.2) is 0 Å². The maximum atomic E-state index is 11.4. The van der Waals surface area contributed by atoms with Crippen LogP contribution in [0.15, 0.2) is 12.1 Å². The molecular formula is C15H24N2O8. The molecule has 0 fully saturated rings. The second kappa shape index (κ2) is 12.1. The molecule has 0 aromatic carbocycles. The van der Waals surface area contributed by atoms with E-state index < -0.39 is 17.7 Å². The highest BCUT2D eigenvalue weighted by molar-refractivity contribution is 5.77. The van der Waals surface area contributed by atoms with Crippen LogP contribution in [0.2, 0.25) is 0 Å². The van der Waals surface area contributed by atoms with Crippen molar-refractivity contribution in [1.29, 1.82) is 0 Å². The first-order valence-corrected chi connectivity index (χ1v) is 7.85. The van der Waals surface area contributed by atoms with Gasteiger partial charge in [0.1, 0.15) is 13.2 Å². The number of ether oxygens (including phenoxy) is 3. The number of hydrogen-bond donors (Lipinski definition) is 3. The Kier molecular flexibility index (Phi) is 10.1. The van der Waals surface area contributed by atoms with Crippen molar-refractivity contribution < 1.29 is 38.9 Å². The average molecular weight is 360 g/mol. The van der Waals surface area contributed by atoms with Crippen molar-refractivity contribution in [2.45, 2.75) is 13.3 Å². The molecule has 0 unspecified atom stereocenters. The van der Waals surface area contributed by atoms with Gasteiger partial charge >= 0.3 is 5.97 Å². The van der Waals surface area contributed by atoms with Crippen molar-refractivity contribution in [3.63, 3.8) is 0 Å². The highest BCUT2D eigenvalue weighted by atomic mass is 16.7. The predicted octanol–water partition coefficient (Wildman–Crippen LogP) is -0.569. The van der Waals surface area contributed by atoms with Crippen molar-refractivity contribution in [2.75, 3.05) is 46.2 Å². The van der Waals surface area contributed by atoms with Crippen LogP contribution in [0.25, 0.3) is 0 Å². The minimum absolute atomic E-state index is 0.0333. The molecule has 0 aliphatic rings. The van der Waals surface area contributed by atoms with E-state index in [2.05, 4.69) is 10.2 Å². The molecule has 0 bridgehead atoms. The zero-order valence-corrected chi connectivity index (χ0v) is 14.1. The number of hydrogen-bond acceptors (Lipinski definition) is 8. The van der Waals surface area contributed by atoms with Gasteiger partial charge in [-0.3, -0.25) is 4.79 Å². The van der Waals surface area contributed by atoms with Gasteiger partial charge in [0.2, 0.25) is 17.7 Å². The van der Waals surface area contributed by atoms with Gasteiger partial charge in [0.05, 0.1) is 19.8 Å². The Morgan fingerprint density at radius 3 is 2.32 bits per heavy atom. The summed E-state index contributed by atoms with van der Waals surface area (Å²) in [7, 11) is 0. The van der Waals surface area contributed by atoms with E-state index in [1.165, 1.54) is 12.1 Å². The van der Waals surface area contributed by atoms with Crippen molar-refractivity contribution in [3.8, 4) is 11.8 Å². The van der Waals surface area contributed by atoms with Crippen molar-refractivity contribution in [2.24, 2.45) is 0 Å². The zero-order chi connectivity index (χ0) is 18.5. The number of nitrogens with zero attached hydrogens (tertiary/aromatic N) is 1. The largest absolute Gasteiger partial charge is 0.492 e. The topological polar surface area (TPSA) is 128 Å². The maximum Gasteiger partial charge on any atom is 0.358 e. The van der Waals surface area contributed by atoms with Crippen LogP contribution < -0.4 is 10.2 Å². The molecule has 142 valence electrons. The Bertz CT molecular complexity index is 512. The lowest BCUT2D eigenvalue weighted by molar-refractivity contribution is -0.151. The fourth-order valence-corrected chi connectivity index (χ4v) is 1.62. The standard InChI is InChI=1S/C15H24N2O8/c1-2-6-23-10-12(18)16-5-7-22-8-9-24-11-15(21)25-17-13(19)3-4-14(17)20/h3-4,19-20H,2,5-11H2,1H3,(H,16,18). The number of carbonyl (C=O) groups excluding carboxylic acids is 2. The molecule has 0 spiro atoms. The van der Waals surface area contributed by atoms with E-state index in [0.717, 1.165) is 6.42 Å². The van der Waals surface area contributed by atoms with Crippen LogP contribution in [0.4, 0.5) is 0 Å². The summed E-state index contributed by atoms with van der Waals surface area (Å²) in [6.07, 6.45) is 0.859. The Morgan fingerprint density at radius 2 is 1.64 bits per heavy atom. The second-order valence-electron chi connectivity index (χ2n) is 4.87. The number of carbonyl (C=O) groups is 2. The molecule has 1 aromatic rings. The Morgan fingerprint density at radius 1 is 1.00 bits per heavy atom. The molecule has 0 saturated carbocycles. The van der Waals surface area contributed by atoms with Crippen LogP contribution in [0, 0.1) is 0 Å². The molecule has 0 aliphatic carbocycles. The number of nitrogens with one attached hydrogen (secondary N) is 1. The first kappa shape index (κ1) is 20.7. The number of aromatic hydroxyl groups is 2. The molecule has 1 amide bonds. The maximum absolute atomic E-state index is 11.4. The van der Waals surface area contributed by atoms with Crippen LogP contribution in [-0.4, -0.2) is 73.0 Å². The number of aromatic nitrogens is 1. The molecule has 25 heavy (non-hydrogen) atoms. The minimum atomic E-state index is -0.791. The summed E-state index contributed by atoms with van der Waals surface area (Å²) in [5.41, 5.74) is 0. The average Bonchev–Trinajstić information content (AvgIpc) is 2.89. The van der Waals surface area contributed by atoms with Gasteiger partial charge in [0, 0.05) is 25.3 Å². The molecular weight excluding hydrogens is 336 g/mol. The first-order valence-electron chi connectivity index (χ1n) is 7.85. The van der Waals surface area contributed by atoms with Gasteiger partial charge in [-0.1, -0.05) is 6.92 Å². The Hall–Kier alpha value is -2.30. The third-order valence-electron chi connectivity index (χ3n) is 2.73. The predicted molar refractivity (Wildman–Crippen MR) is 85.1 cm³/mol. The molecule has 0 aliphatic heterocycles. The van der Waals surface area contributed by atoms with Crippen LogP contribution >= 0.6 is 0 Å². The summed E-state index contributed by atoms with van der Waals surface area (Å²) >= 11 is 0. The van der Waals surface area contributed by atoms with Gasteiger partial charge in [-0.2, -0.15) is 0 Å². The summed E-state index contributed by atoms with van der Waals surface area (Å²) in [4.78, 5) is 27.4. The van der Waals surface area contributed by atoms with E-state index in [0.29, 0.717) is 24.5 Å². The van der Waals surface area contributed by atoms with Gasteiger partial charge in [-0.15, -0.1) is 4.73 Å². The van der Waals surface area contributed by atoms with E-state index in [-0.39, 0.29) is 32.3 Å². The molecule has 1 rings (SSSR count). The molecule has 1 aromatic heterocycles. The van der Waals surface area contributed by atoms with Crippen molar-refractivity contribution >= 4 is 11.9 Å². The number of amides is 1. The van der Waals surface area contributed by atoms with Gasteiger partial charge < -0.3 is 34.6 Å². The molecule has 0 radical (unpaired) electrons.